The molecule has 1 saturated carbocycles. The number of aromatic nitrogens is 1. The van der Waals surface area contributed by atoms with Crippen LogP contribution in [-0.4, -0.2) is 27.5 Å². The Hall–Kier alpha value is -0.410. The quantitative estimate of drug-likeness (QED) is 0.817. The summed E-state index contributed by atoms with van der Waals surface area (Å²) in [6, 6.07) is 1.52. The zero-order valence-electron chi connectivity index (χ0n) is 13.7. The van der Waals surface area contributed by atoms with E-state index in [0.717, 1.165) is 12.1 Å². The molecule has 0 spiro atoms. The van der Waals surface area contributed by atoms with Crippen LogP contribution < -0.4 is 0 Å². The Morgan fingerprint density at radius 2 is 2.10 bits per heavy atom. The molecule has 1 aromatic heterocycles. The third-order valence-electron chi connectivity index (χ3n) is 5.08. The molecule has 2 fully saturated rings. The maximum atomic E-state index is 4.69. The highest BCUT2D eigenvalue weighted by Crippen LogP contribution is 2.62. The number of rotatable bonds is 3. The molecular formula is C17H28N2S. The molecule has 1 aliphatic carbocycles. The number of likely N-dealkylation sites (tertiary alicyclic amines) is 1. The molecule has 0 aromatic carbocycles. The predicted octanol–water partition coefficient (Wildman–Crippen LogP) is 4.46. The Balaban J connectivity index is 1.74. The van der Waals surface area contributed by atoms with E-state index in [1.54, 1.807) is 0 Å². The summed E-state index contributed by atoms with van der Waals surface area (Å²) in [6.07, 6.45) is 6.03. The molecule has 1 saturated heterocycles. The summed E-state index contributed by atoms with van der Waals surface area (Å²) in [5.41, 5.74) is 0.840. The van der Waals surface area contributed by atoms with Gasteiger partial charge in [-0.3, -0.25) is 4.90 Å². The van der Waals surface area contributed by atoms with E-state index in [0.29, 0.717) is 16.9 Å². The second-order valence-electron chi connectivity index (χ2n) is 8.20. The molecule has 0 N–H and O–H groups in total. The van der Waals surface area contributed by atoms with Gasteiger partial charge >= 0.3 is 0 Å². The Labute approximate surface area is 127 Å². The van der Waals surface area contributed by atoms with Crippen LogP contribution >= 0.6 is 11.3 Å². The van der Waals surface area contributed by atoms with Crippen molar-refractivity contribution >= 4 is 11.3 Å². The topological polar surface area (TPSA) is 16.1 Å². The third-order valence-corrected chi connectivity index (χ3v) is 6.38. The van der Waals surface area contributed by atoms with Crippen LogP contribution in [0.4, 0.5) is 0 Å². The van der Waals surface area contributed by atoms with Gasteiger partial charge in [0.15, 0.2) is 0 Å². The summed E-state index contributed by atoms with van der Waals surface area (Å²) in [5.74, 6) is 0.613. The van der Waals surface area contributed by atoms with Crippen LogP contribution in [0.25, 0.3) is 0 Å². The van der Waals surface area contributed by atoms with Crippen molar-refractivity contribution in [1.82, 2.24) is 9.88 Å². The second kappa shape index (κ2) is 4.54. The molecule has 3 atom stereocenters. The van der Waals surface area contributed by atoms with Gasteiger partial charge in [-0.15, -0.1) is 11.3 Å². The van der Waals surface area contributed by atoms with Gasteiger partial charge in [0.25, 0.3) is 0 Å². The average Bonchev–Trinajstić information content (AvgIpc) is 2.70. The first-order chi connectivity index (χ1) is 9.23. The van der Waals surface area contributed by atoms with Crippen LogP contribution in [0, 0.1) is 5.41 Å². The summed E-state index contributed by atoms with van der Waals surface area (Å²) in [5, 5.41) is 1.36. The van der Waals surface area contributed by atoms with Gasteiger partial charge in [-0.2, -0.15) is 0 Å². The Kier molecular flexibility index (Phi) is 3.30. The summed E-state index contributed by atoms with van der Waals surface area (Å²) in [4.78, 5) is 8.88. The molecule has 0 bridgehead atoms. The molecule has 2 aliphatic rings. The van der Waals surface area contributed by atoms with Crippen LogP contribution in [0.5, 0.6) is 0 Å². The van der Waals surface area contributed by atoms with Crippen molar-refractivity contribution < 1.29 is 0 Å². The van der Waals surface area contributed by atoms with E-state index in [2.05, 4.69) is 57.6 Å². The molecule has 2 heterocycles. The number of thiazole rings is 1. The van der Waals surface area contributed by atoms with Crippen molar-refractivity contribution in [2.75, 3.05) is 0 Å². The van der Waals surface area contributed by atoms with Crippen molar-refractivity contribution in [3.63, 3.8) is 0 Å². The molecule has 3 rings (SSSR count). The smallest absolute Gasteiger partial charge is 0.0933 e. The van der Waals surface area contributed by atoms with Gasteiger partial charge in [0.1, 0.15) is 0 Å². The fourth-order valence-electron chi connectivity index (χ4n) is 4.30. The summed E-state index contributed by atoms with van der Waals surface area (Å²) >= 11 is 1.93. The first-order valence-corrected chi connectivity index (χ1v) is 8.78. The second-order valence-corrected chi connectivity index (χ2v) is 9.35. The van der Waals surface area contributed by atoms with Crippen LogP contribution in [0.15, 0.2) is 6.20 Å². The molecule has 0 amide bonds. The minimum atomic E-state index is 0.300. The Morgan fingerprint density at radius 1 is 1.40 bits per heavy atom. The number of piperidine rings is 1. The maximum absolute atomic E-state index is 4.69. The van der Waals surface area contributed by atoms with E-state index >= 15 is 0 Å². The van der Waals surface area contributed by atoms with E-state index in [-0.39, 0.29) is 0 Å². The van der Waals surface area contributed by atoms with E-state index in [1.165, 1.54) is 29.1 Å². The third kappa shape index (κ3) is 2.33. The predicted molar refractivity (Wildman–Crippen MR) is 86.4 cm³/mol. The normalized spacial score (nSPS) is 33.8. The highest BCUT2D eigenvalue weighted by Gasteiger charge is 2.65. The fourth-order valence-corrected chi connectivity index (χ4v) is 5.38. The van der Waals surface area contributed by atoms with Crippen LogP contribution in [0.3, 0.4) is 0 Å². The van der Waals surface area contributed by atoms with E-state index in [9.17, 15) is 0 Å². The molecule has 1 aliphatic heterocycles. The Bertz CT molecular complexity index is 499. The summed E-state index contributed by atoms with van der Waals surface area (Å²) < 4.78 is 0. The van der Waals surface area contributed by atoms with Gasteiger partial charge in [-0.25, -0.2) is 4.98 Å². The minimum absolute atomic E-state index is 0.300. The SMILES string of the molecule is CC(C)c1cnc(C[C@@]23C[C@@H](C)N(C(C)(C)C)[C@@H]2C3)s1. The summed E-state index contributed by atoms with van der Waals surface area (Å²) in [6.45, 7) is 14.0. The van der Waals surface area contributed by atoms with Gasteiger partial charge in [0.05, 0.1) is 5.01 Å². The van der Waals surface area contributed by atoms with Gasteiger partial charge in [-0.1, -0.05) is 13.8 Å². The highest BCUT2D eigenvalue weighted by molar-refractivity contribution is 7.11. The van der Waals surface area contributed by atoms with E-state index < -0.39 is 0 Å². The first kappa shape index (κ1) is 14.5. The lowest BCUT2D eigenvalue weighted by Gasteiger charge is -2.37. The van der Waals surface area contributed by atoms with Crippen LogP contribution in [0.1, 0.15) is 70.2 Å². The van der Waals surface area contributed by atoms with Crippen molar-refractivity contribution in [3.8, 4) is 0 Å². The van der Waals surface area contributed by atoms with Gasteiger partial charge < -0.3 is 0 Å². The minimum Gasteiger partial charge on any atom is -0.292 e. The standard InChI is InChI=1S/C17H28N2S/c1-11(2)13-10-18-15(20-13)9-17-7-12(3)19(14(17)8-17)16(4,5)6/h10-12,14H,7-9H2,1-6H3/t12-,14-,17+/m1/s1. The lowest BCUT2D eigenvalue weighted by molar-refractivity contribution is 0.104. The summed E-state index contributed by atoms with van der Waals surface area (Å²) in [7, 11) is 0. The first-order valence-electron chi connectivity index (χ1n) is 7.96. The zero-order chi connectivity index (χ0) is 14.7. The molecule has 0 radical (unpaired) electrons. The van der Waals surface area contributed by atoms with Crippen molar-refractivity contribution in [2.45, 2.75) is 84.3 Å². The molecular weight excluding hydrogens is 264 g/mol. The number of hydrogen-bond acceptors (Lipinski definition) is 3. The molecule has 1 aromatic rings. The van der Waals surface area contributed by atoms with Gasteiger partial charge in [-0.05, 0) is 51.9 Å². The average molecular weight is 292 g/mol. The monoisotopic (exact) mass is 292 g/mol. The molecule has 2 nitrogen and oxygen atoms in total. The van der Waals surface area contributed by atoms with Crippen molar-refractivity contribution in [2.24, 2.45) is 5.41 Å². The molecule has 3 heteroatoms. The largest absolute Gasteiger partial charge is 0.292 e. The number of nitrogens with zero attached hydrogens (tertiary/aromatic N) is 2. The van der Waals surface area contributed by atoms with Crippen molar-refractivity contribution in [1.29, 1.82) is 0 Å². The molecule has 0 unspecified atom stereocenters. The maximum Gasteiger partial charge on any atom is 0.0933 e. The fraction of sp³-hybridized carbons (Fsp3) is 0.824. The lowest BCUT2D eigenvalue weighted by atomic mass is 9.96. The lowest BCUT2D eigenvalue weighted by Crippen LogP contribution is -2.45. The van der Waals surface area contributed by atoms with Gasteiger partial charge in [0, 0.05) is 35.1 Å². The highest BCUT2D eigenvalue weighted by atomic mass is 32.1. The van der Waals surface area contributed by atoms with E-state index in [4.69, 9.17) is 0 Å². The zero-order valence-corrected chi connectivity index (χ0v) is 14.5. The molecule has 112 valence electrons. The molecule has 20 heavy (non-hydrogen) atoms. The van der Waals surface area contributed by atoms with Crippen molar-refractivity contribution in [3.05, 3.63) is 16.1 Å². The van der Waals surface area contributed by atoms with E-state index in [1.807, 2.05) is 11.3 Å². The van der Waals surface area contributed by atoms with Gasteiger partial charge in [0.2, 0.25) is 0 Å². The number of fused-ring (bicyclic) bond motifs is 1. The van der Waals surface area contributed by atoms with Crippen LogP contribution in [0.2, 0.25) is 0 Å². The Morgan fingerprint density at radius 3 is 2.60 bits per heavy atom. The van der Waals surface area contributed by atoms with Crippen LogP contribution in [-0.2, 0) is 6.42 Å². The number of hydrogen-bond donors (Lipinski definition) is 0.